The molecular formula is C10H9N2. The van der Waals surface area contributed by atoms with Crippen molar-refractivity contribution >= 4 is 11.0 Å². The third kappa shape index (κ3) is 1.16. The average molecular weight is 157 g/mol. The maximum absolute atomic E-state index is 4.30. The number of aryl methyl sites for hydroxylation is 2. The largest absolute Gasteiger partial charge is 0.249 e. The molecule has 1 aromatic carbocycles. The lowest BCUT2D eigenvalue weighted by atomic mass is 10.2. The van der Waals surface area contributed by atoms with E-state index in [4.69, 9.17) is 0 Å². The molecule has 1 heterocycles. The number of rotatable bonds is 0. The van der Waals surface area contributed by atoms with E-state index < -0.39 is 0 Å². The van der Waals surface area contributed by atoms with Gasteiger partial charge in [-0.3, -0.25) is 0 Å². The molecule has 0 spiro atoms. The zero-order valence-electron chi connectivity index (χ0n) is 7.13. The quantitative estimate of drug-likeness (QED) is 0.585. The van der Waals surface area contributed by atoms with Crippen LogP contribution in [0.3, 0.4) is 0 Å². The molecule has 0 saturated heterocycles. The molecule has 0 amide bonds. The highest BCUT2D eigenvalue weighted by molar-refractivity contribution is 5.74. The van der Waals surface area contributed by atoms with E-state index in [0.717, 1.165) is 16.7 Å². The summed E-state index contributed by atoms with van der Waals surface area (Å²) in [5, 5.41) is 0. The van der Waals surface area contributed by atoms with Crippen LogP contribution in [0, 0.1) is 20.0 Å². The third-order valence-corrected chi connectivity index (χ3v) is 1.76. The van der Waals surface area contributed by atoms with Gasteiger partial charge in [0.25, 0.3) is 0 Å². The van der Waals surface area contributed by atoms with E-state index in [0.29, 0.717) is 0 Å². The molecule has 0 unspecified atom stereocenters. The Morgan fingerprint density at radius 3 is 2.83 bits per heavy atom. The van der Waals surface area contributed by atoms with Crippen LogP contribution in [0.1, 0.15) is 11.3 Å². The van der Waals surface area contributed by atoms with Crippen molar-refractivity contribution in [1.29, 1.82) is 0 Å². The highest BCUT2D eigenvalue weighted by Crippen LogP contribution is 2.10. The highest BCUT2D eigenvalue weighted by atomic mass is 14.8. The van der Waals surface area contributed by atoms with Crippen molar-refractivity contribution in [2.24, 2.45) is 0 Å². The summed E-state index contributed by atoms with van der Waals surface area (Å²) >= 11 is 0. The fraction of sp³-hybridized carbons (Fsp3) is 0.200. The van der Waals surface area contributed by atoms with Crippen molar-refractivity contribution in [2.75, 3.05) is 0 Å². The van der Waals surface area contributed by atoms with Crippen LogP contribution >= 0.6 is 0 Å². The van der Waals surface area contributed by atoms with Gasteiger partial charge in [-0.25, -0.2) is 9.97 Å². The predicted molar refractivity (Wildman–Crippen MR) is 47.8 cm³/mol. The van der Waals surface area contributed by atoms with Crippen LogP contribution in [0.4, 0.5) is 0 Å². The molecular weight excluding hydrogens is 148 g/mol. The summed E-state index contributed by atoms with van der Waals surface area (Å²) in [5.74, 6) is 0. The minimum Gasteiger partial charge on any atom is -0.249 e. The van der Waals surface area contributed by atoms with Crippen LogP contribution in [0.2, 0.25) is 0 Å². The van der Waals surface area contributed by atoms with Crippen LogP contribution in [-0.4, -0.2) is 9.97 Å². The van der Waals surface area contributed by atoms with Crippen molar-refractivity contribution in [3.05, 3.63) is 35.7 Å². The Morgan fingerprint density at radius 2 is 2.00 bits per heavy atom. The fourth-order valence-corrected chi connectivity index (χ4v) is 1.16. The maximum Gasteiger partial charge on any atom is 0.112 e. The van der Waals surface area contributed by atoms with Crippen LogP contribution in [-0.2, 0) is 0 Å². The summed E-state index contributed by atoms with van der Waals surface area (Å²) in [5.41, 5.74) is 3.90. The number of hydrogen-bond donors (Lipinski definition) is 0. The van der Waals surface area contributed by atoms with Gasteiger partial charge in [0.2, 0.25) is 0 Å². The standard InChI is InChI=1S/C10H9N2/c1-7-3-4-9-10(5-7)11-6-8(2)12-9/h3-5H,1-2H3. The summed E-state index contributed by atoms with van der Waals surface area (Å²) in [6.45, 7) is 3.94. The SMILES string of the molecule is Cc1ccc2nc(C)[c]nc2c1. The van der Waals surface area contributed by atoms with E-state index in [2.05, 4.69) is 16.2 Å². The van der Waals surface area contributed by atoms with Crippen LogP contribution in [0.15, 0.2) is 18.2 Å². The molecule has 59 valence electrons. The molecule has 2 heteroatoms. The Bertz CT molecular complexity index is 380. The molecule has 12 heavy (non-hydrogen) atoms. The second kappa shape index (κ2) is 2.55. The summed E-state index contributed by atoms with van der Waals surface area (Å²) < 4.78 is 0. The second-order valence-corrected chi connectivity index (χ2v) is 2.91. The van der Waals surface area contributed by atoms with E-state index >= 15 is 0 Å². The van der Waals surface area contributed by atoms with Gasteiger partial charge in [0, 0.05) is 0 Å². The van der Waals surface area contributed by atoms with Gasteiger partial charge in [-0.1, -0.05) is 6.07 Å². The zero-order chi connectivity index (χ0) is 8.55. The lowest BCUT2D eigenvalue weighted by molar-refractivity contribution is 1.17. The summed E-state index contributed by atoms with van der Waals surface area (Å²) in [4.78, 5) is 8.45. The molecule has 0 aliphatic rings. The molecule has 2 nitrogen and oxygen atoms in total. The van der Waals surface area contributed by atoms with Gasteiger partial charge in [-0.2, -0.15) is 0 Å². The van der Waals surface area contributed by atoms with Crippen LogP contribution < -0.4 is 0 Å². The molecule has 0 fully saturated rings. The first kappa shape index (κ1) is 7.22. The molecule has 0 aliphatic carbocycles. The lowest BCUT2D eigenvalue weighted by Gasteiger charge is -1.97. The third-order valence-electron chi connectivity index (χ3n) is 1.76. The molecule has 0 aliphatic heterocycles. The number of fused-ring (bicyclic) bond motifs is 1. The molecule has 1 radical (unpaired) electrons. The van der Waals surface area contributed by atoms with Gasteiger partial charge in [0.15, 0.2) is 0 Å². The maximum atomic E-state index is 4.30. The fourth-order valence-electron chi connectivity index (χ4n) is 1.16. The van der Waals surface area contributed by atoms with Crippen LogP contribution in [0.5, 0.6) is 0 Å². The molecule has 2 rings (SSSR count). The molecule has 0 saturated carbocycles. The minimum atomic E-state index is 0.839. The zero-order valence-corrected chi connectivity index (χ0v) is 7.13. The topological polar surface area (TPSA) is 25.8 Å². The molecule has 0 atom stereocenters. The van der Waals surface area contributed by atoms with E-state index in [1.54, 1.807) is 0 Å². The van der Waals surface area contributed by atoms with Gasteiger partial charge in [-0.05, 0) is 31.5 Å². The minimum absolute atomic E-state index is 0.839. The average Bonchev–Trinajstić information content (AvgIpc) is 2.05. The van der Waals surface area contributed by atoms with Crippen molar-refractivity contribution < 1.29 is 0 Å². The summed E-state index contributed by atoms with van der Waals surface area (Å²) in [6.07, 6.45) is 2.84. The van der Waals surface area contributed by atoms with Gasteiger partial charge in [-0.15, -0.1) is 0 Å². The first-order chi connectivity index (χ1) is 5.75. The van der Waals surface area contributed by atoms with Crippen molar-refractivity contribution in [2.45, 2.75) is 13.8 Å². The Balaban J connectivity index is 2.79. The number of benzene rings is 1. The monoisotopic (exact) mass is 157 g/mol. The van der Waals surface area contributed by atoms with Gasteiger partial charge < -0.3 is 0 Å². The second-order valence-electron chi connectivity index (χ2n) is 2.91. The highest BCUT2D eigenvalue weighted by Gasteiger charge is 1.96. The van der Waals surface area contributed by atoms with Gasteiger partial charge in [0.05, 0.1) is 16.7 Å². The predicted octanol–water partition coefficient (Wildman–Crippen LogP) is 2.05. The van der Waals surface area contributed by atoms with E-state index in [1.807, 2.05) is 32.0 Å². The number of hydrogen-bond acceptors (Lipinski definition) is 2. The molecule has 0 bridgehead atoms. The van der Waals surface area contributed by atoms with Gasteiger partial charge >= 0.3 is 0 Å². The van der Waals surface area contributed by atoms with Crippen molar-refractivity contribution in [3.8, 4) is 0 Å². The summed E-state index contributed by atoms with van der Waals surface area (Å²) in [7, 11) is 0. The van der Waals surface area contributed by atoms with Crippen LogP contribution in [0.25, 0.3) is 11.0 Å². The number of nitrogens with zero attached hydrogens (tertiary/aromatic N) is 2. The molecule has 2 aromatic rings. The number of aromatic nitrogens is 2. The van der Waals surface area contributed by atoms with E-state index in [-0.39, 0.29) is 0 Å². The Kier molecular flexibility index (Phi) is 1.54. The Labute approximate surface area is 71.3 Å². The van der Waals surface area contributed by atoms with Crippen molar-refractivity contribution in [3.63, 3.8) is 0 Å². The summed E-state index contributed by atoms with van der Waals surface area (Å²) in [6, 6.07) is 6.03. The van der Waals surface area contributed by atoms with Crippen molar-refractivity contribution in [1.82, 2.24) is 9.97 Å². The molecule has 1 aromatic heterocycles. The van der Waals surface area contributed by atoms with Gasteiger partial charge in [0.1, 0.15) is 6.20 Å². The lowest BCUT2D eigenvalue weighted by Crippen LogP contribution is -1.87. The normalized spacial score (nSPS) is 10.5. The van der Waals surface area contributed by atoms with E-state index in [9.17, 15) is 0 Å². The first-order valence-electron chi connectivity index (χ1n) is 3.88. The molecule has 0 N–H and O–H groups in total. The smallest absolute Gasteiger partial charge is 0.112 e. The Hall–Kier alpha value is -1.44. The van der Waals surface area contributed by atoms with E-state index in [1.165, 1.54) is 5.56 Å². The first-order valence-corrected chi connectivity index (χ1v) is 3.88. The Morgan fingerprint density at radius 1 is 1.17 bits per heavy atom.